The second kappa shape index (κ2) is 13.2. The zero-order valence-corrected chi connectivity index (χ0v) is 22.0. The SMILES string of the molecule is CCOc1cc(C(=O)N(C)[C@H](CCN(CCF)CCF)c2cncc3cn[nH]c23)ccc1-c1cccc(F)c1. The Hall–Kier alpha value is -3.92. The van der Waals surface area contributed by atoms with Crippen LogP contribution in [0.3, 0.4) is 0 Å². The number of aromatic nitrogens is 3. The Bertz CT molecular complexity index is 1390. The van der Waals surface area contributed by atoms with Crippen molar-refractivity contribution in [2.45, 2.75) is 19.4 Å². The Kier molecular flexibility index (Phi) is 9.54. The fourth-order valence-corrected chi connectivity index (χ4v) is 4.75. The third-order valence-corrected chi connectivity index (χ3v) is 6.72. The average Bonchev–Trinajstić information content (AvgIpc) is 3.43. The van der Waals surface area contributed by atoms with E-state index in [1.807, 2.05) is 6.92 Å². The number of H-pyrrole nitrogens is 1. The lowest BCUT2D eigenvalue weighted by Crippen LogP contribution is -2.36. The van der Waals surface area contributed by atoms with Crippen molar-refractivity contribution in [2.24, 2.45) is 0 Å². The predicted octanol–water partition coefficient (Wildman–Crippen LogP) is 5.61. The number of pyridine rings is 1. The number of benzene rings is 2. The summed E-state index contributed by atoms with van der Waals surface area (Å²) in [5.41, 5.74) is 3.20. The van der Waals surface area contributed by atoms with Crippen molar-refractivity contribution in [2.75, 3.05) is 46.6 Å². The summed E-state index contributed by atoms with van der Waals surface area (Å²) in [6.07, 6.45) is 5.44. The molecule has 0 fully saturated rings. The third kappa shape index (κ3) is 6.57. The first-order valence-corrected chi connectivity index (χ1v) is 12.9. The van der Waals surface area contributed by atoms with Gasteiger partial charge in [0.05, 0.1) is 24.4 Å². The van der Waals surface area contributed by atoms with E-state index in [1.54, 1.807) is 65.8 Å². The number of fused-ring (bicyclic) bond motifs is 1. The first kappa shape index (κ1) is 28.1. The molecule has 4 aromatic rings. The van der Waals surface area contributed by atoms with Crippen LogP contribution in [-0.2, 0) is 0 Å². The normalized spacial score (nSPS) is 12.2. The molecule has 2 heterocycles. The maximum Gasteiger partial charge on any atom is 0.254 e. The van der Waals surface area contributed by atoms with Crippen molar-refractivity contribution in [3.05, 3.63) is 78.0 Å². The summed E-state index contributed by atoms with van der Waals surface area (Å²) in [5, 5.41) is 7.89. The third-order valence-electron chi connectivity index (χ3n) is 6.72. The largest absolute Gasteiger partial charge is 0.493 e. The number of halogens is 3. The molecule has 10 heteroatoms. The fourth-order valence-electron chi connectivity index (χ4n) is 4.75. The average molecular weight is 540 g/mol. The molecule has 0 saturated heterocycles. The van der Waals surface area contributed by atoms with Crippen LogP contribution in [-0.4, -0.2) is 77.5 Å². The van der Waals surface area contributed by atoms with Crippen molar-refractivity contribution in [3.8, 4) is 16.9 Å². The number of rotatable bonds is 13. The van der Waals surface area contributed by atoms with Crippen LogP contribution in [0, 0.1) is 5.82 Å². The van der Waals surface area contributed by atoms with Gasteiger partial charge in [0.15, 0.2) is 0 Å². The number of nitrogens with zero attached hydrogens (tertiary/aromatic N) is 4. The van der Waals surface area contributed by atoms with Crippen LogP contribution in [0.4, 0.5) is 13.2 Å². The van der Waals surface area contributed by atoms with Gasteiger partial charge < -0.3 is 9.64 Å². The number of hydrogen-bond acceptors (Lipinski definition) is 5. The maximum atomic E-state index is 13.9. The summed E-state index contributed by atoms with van der Waals surface area (Å²) in [4.78, 5) is 21.5. The van der Waals surface area contributed by atoms with Crippen molar-refractivity contribution in [3.63, 3.8) is 0 Å². The van der Waals surface area contributed by atoms with E-state index in [4.69, 9.17) is 4.74 Å². The first-order chi connectivity index (χ1) is 19.0. The Balaban J connectivity index is 1.68. The highest BCUT2D eigenvalue weighted by atomic mass is 19.1. The standard InChI is InChI=1S/C29H32F3N5O2/c1-3-39-27-16-21(7-8-24(27)20-5-4-6-23(32)15-20)29(38)36(2)26(9-12-37(13-10-30)14-11-31)25-19-33-17-22-18-34-35-28(22)25/h4-8,15-19,26H,3,9-14H2,1-2H3,(H,34,35)/t26-/m1/s1. The molecule has 1 N–H and O–H groups in total. The van der Waals surface area contributed by atoms with Gasteiger partial charge in [0.25, 0.3) is 5.91 Å². The number of amides is 1. The number of nitrogens with one attached hydrogen (secondary N) is 1. The lowest BCUT2D eigenvalue weighted by atomic mass is 9.99. The summed E-state index contributed by atoms with van der Waals surface area (Å²) in [5.74, 6) is -0.173. The maximum absolute atomic E-state index is 13.9. The Labute approximate surface area is 225 Å². The number of aromatic amines is 1. The van der Waals surface area contributed by atoms with Gasteiger partial charge in [0, 0.05) is 61.2 Å². The minimum Gasteiger partial charge on any atom is -0.493 e. The molecule has 7 nitrogen and oxygen atoms in total. The second-order valence-electron chi connectivity index (χ2n) is 9.16. The summed E-state index contributed by atoms with van der Waals surface area (Å²) in [6, 6.07) is 10.8. The molecule has 0 bridgehead atoms. The topological polar surface area (TPSA) is 74.3 Å². The molecule has 0 aliphatic carbocycles. The first-order valence-electron chi connectivity index (χ1n) is 12.9. The summed E-state index contributed by atoms with van der Waals surface area (Å²) < 4.78 is 45.9. The zero-order valence-electron chi connectivity index (χ0n) is 22.0. The monoisotopic (exact) mass is 539 g/mol. The van der Waals surface area contributed by atoms with E-state index in [0.29, 0.717) is 42.0 Å². The van der Waals surface area contributed by atoms with Crippen molar-refractivity contribution >= 4 is 16.8 Å². The van der Waals surface area contributed by atoms with Crippen LogP contribution in [0.5, 0.6) is 5.75 Å². The molecule has 0 unspecified atom stereocenters. The van der Waals surface area contributed by atoms with E-state index in [1.165, 1.54) is 12.1 Å². The molecule has 4 rings (SSSR count). The molecule has 0 spiro atoms. The fraction of sp³-hybridized carbons (Fsp3) is 0.345. The molecule has 0 aliphatic heterocycles. The molecule has 0 saturated carbocycles. The highest BCUT2D eigenvalue weighted by molar-refractivity contribution is 5.96. The Morgan fingerprint density at radius 1 is 1.05 bits per heavy atom. The van der Waals surface area contributed by atoms with E-state index < -0.39 is 19.4 Å². The molecule has 1 atom stereocenters. The lowest BCUT2D eigenvalue weighted by molar-refractivity contribution is 0.0708. The predicted molar refractivity (Wildman–Crippen MR) is 145 cm³/mol. The van der Waals surface area contributed by atoms with Gasteiger partial charge in [-0.25, -0.2) is 13.2 Å². The smallest absolute Gasteiger partial charge is 0.254 e. The lowest BCUT2D eigenvalue weighted by Gasteiger charge is -2.31. The quantitative estimate of drug-likeness (QED) is 0.239. The molecule has 2 aromatic carbocycles. The van der Waals surface area contributed by atoms with Gasteiger partial charge in [0.1, 0.15) is 24.9 Å². The molecule has 206 valence electrons. The van der Waals surface area contributed by atoms with Crippen LogP contribution < -0.4 is 4.74 Å². The minimum atomic E-state index is -0.588. The minimum absolute atomic E-state index is 0.111. The molecular weight excluding hydrogens is 507 g/mol. The summed E-state index contributed by atoms with van der Waals surface area (Å²) in [6.45, 7) is 1.63. The van der Waals surface area contributed by atoms with Gasteiger partial charge in [-0.3, -0.25) is 19.8 Å². The van der Waals surface area contributed by atoms with Gasteiger partial charge >= 0.3 is 0 Å². The number of alkyl halides is 2. The molecule has 39 heavy (non-hydrogen) atoms. The van der Waals surface area contributed by atoms with Gasteiger partial charge in [-0.2, -0.15) is 5.10 Å². The molecule has 0 radical (unpaired) electrons. The Morgan fingerprint density at radius 3 is 2.56 bits per heavy atom. The van der Waals surface area contributed by atoms with E-state index in [2.05, 4.69) is 15.2 Å². The van der Waals surface area contributed by atoms with Gasteiger partial charge in [0.2, 0.25) is 0 Å². The molecule has 1 amide bonds. The van der Waals surface area contributed by atoms with Crippen molar-refractivity contribution < 1.29 is 22.7 Å². The Morgan fingerprint density at radius 2 is 1.85 bits per heavy atom. The van der Waals surface area contributed by atoms with Crippen LogP contribution in [0.25, 0.3) is 22.0 Å². The van der Waals surface area contributed by atoms with Gasteiger partial charge in [-0.15, -0.1) is 0 Å². The zero-order chi connectivity index (χ0) is 27.8. The van der Waals surface area contributed by atoms with Crippen LogP contribution in [0.15, 0.2) is 61.1 Å². The molecule has 2 aromatic heterocycles. The van der Waals surface area contributed by atoms with Crippen LogP contribution >= 0.6 is 0 Å². The number of ether oxygens (including phenoxy) is 1. The van der Waals surface area contributed by atoms with Crippen molar-refractivity contribution in [1.29, 1.82) is 0 Å². The van der Waals surface area contributed by atoms with E-state index >= 15 is 0 Å². The highest BCUT2D eigenvalue weighted by Crippen LogP contribution is 2.34. The van der Waals surface area contributed by atoms with E-state index in [-0.39, 0.29) is 24.8 Å². The van der Waals surface area contributed by atoms with E-state index in [9.17, 15) is 18.0 Å². The second-order valence-corrected chi connectivity index (χ2v) is 9.16. The summed E-state index contributed by atoms with van der Waals surface area (Å²) >= 11 is 0. The van der Waals surface area contributed by atoms with Crippen LogP contribution in [0.2, 0.25) is 0 Å². The highest BCUT2D eigenvalue weighted by Gasteiger charge is 2.27. The number of carbonyl (C=O) groups excluding carboxylic acids is 1. The van der Waals surface area contributed by atoms with Gasteiger partial charge in [-0.05, 0) is 49.2 Å². The van der Waals surface area contributed by atoms with Crippen LogP contribution in [0.1, 0.15) is 35.3 Å². The van der Waals surface area contributed by atoms with Gasteiger partial charge in [-0.1, -0.05) is 12.1 Å². The van der Waals surface area contributed by atoms with Crippen molar-refractivity contribution in [1.82, 2.24) is 25.0 Å². The number of carbonyl (C=O) groups is 1. The number of hydrogen-bond donors (Lipinski definition) is 1. The van der Waals surface area contributed by atoms with E-state index in [0.717, 1.165) is 16.5 Å². The molecular formula is C29H32F3N5O2. The molecule has 0 aliphatic rings. The summed E-state index contributed by atoms with van der Waals surface area (Å²) in [7, 11) is 1.69.